The number of halogens is 1. The predicted octanol–water partition coefficient (Wildman–Crippen LogP) is 3.68. The molecule has 0 saturated heterocycles. The van der Waals surface area contributed by atoms with Crippen LogP contribution in [0.15, 0.2) is 60.9 Å². The highest BCUT2D eigenvalue weighted by molar-refractivity contribution is 6.01. The van der Waals surface area contributed by atoms with E-state index in [-0.39, 0.29) is 5.82 Å². The number of methoxy groups -OCH3 is 1. The number of ether oxygens (including phenoxy) is 1. The van der Waals surface area contributed by atoms with Gasteiger partial charge in [0.05, 0.1) is 30.1 Å². The van der Waals surface area contributed by atoms with Gasteiger partial charge in [0.2, 0.25) is 0 Å². The summed E-state index contributed by atoms with van der Waals surface area (Å²) in [6.07, 6.45) is 2.59. The molecule has 4 rings (SSSR count). The zero-order valence-electron chi connectivity index (χ0n) is 15.4. The zero-order chi connectivity index (χ0) is 20.4. The molecule has 1 amide bonds. The van der Waals surface area contributed by atoms with Gasteiger partial charge in [0, 0.05) is 17.1 Å². The number of hydrogen-bond donors (Lipinski definition) is 2. The minimum atomic E-state index is -0.571. The molecular formula is C21H16FN5O2. The van der Waals surface area contributed by atoms with E-state index in [4.69, 9.17) is 10.5 Å². The Balaban J connectivity index is 1.91. The maximum absolute atomic E-state index is 13.7. The largest absolute Gasteiger partial charge is 0.497 e. The zero-order valence-corrected chi connectivity index (χ0v) is 15.4. The molecule has 0 spiro atoms. The molecule has 0 aliphatic carbocycles. The molecule has 0 radical (unpaired) electrons. The van der Waals surface area contributed by atoms with E-state index in [0.29, 0.717) is 39.3 Å². The number of nitrogens with one attached hydrogen (secondary N) is 1. The molecule has 0 aliphatic heterocycles. The van der Waals surface area contributed by atoms with Crippen molar-refractivity contribution in [1.29, 1.82) is 0 Å². The molecule has 144 valence electrons. The summed E-state index contributed by atoms with van der Waals surface area (Å²) in [6.45, 7) is 0. The first-order valence-electron chi connectivity index (χ1n) is 8.68. The summed E-state index contributed by atoms with van der Waals surface area (Å²) >= 11 is 0. The van der Waals surface area contributed by atoms with Gasteiger partial charge in [0.25, 0.3) is 5.91 Å². The van der Waals surface area contributed by atoms with Crippen molar-refractivity contribution in [1.82, 2.24) is 15.0 Å². The lowest BCUT2D eigenvalue weighted by Crippen LogP contribution is -2.13. The molecule has 4 aromatic rings. The van der Waals surface area contributed by atoms with E-state index in [1.165, 1.54) is 12.3 Å². The number of nitrogens with zero attached hydrogens (tertiary/aromatic N) is 3. The lowest BCUT2D eigenvalue weighted by atomic mass is 10.1. The topological polar surface area (TPSA) is 103 Å². The van der Waals surface area contributed by atoms with Crippen LogP contribution in [0.2, 0.25) is 0 Å². The van der Waals surface area contributed by atoms with Crippen LogP contribution in [-0.2, 0) is 0 Å². The number of benzene rings is 2. The van der Waals surface area contributed by atoms with E-state index in [2.05, 4.69) is 20.3 Å². The molecule has 0 fully saturated rings. The first-order chi connectivity index (χ1) is 14.0. The summed E-state index contributed by atoms with van der Waals surface area (Å²) in [4.78, 5) is 24.7. The van der Waals surface area contributed by atoms with Crippen molar-refractivity contribution in [3.05, 3.63) is 72.3 Å². The van der Waals surface area contributed by atoms with E-state index in [0.717, 1.165) is 6.20 Å². The van der Waals surface area contributed by atoms with Gasteiger partial charge in [-0.2, -0.15) is 0 Å². The fourth-order valence-corrected chi connectivity index (χ4v) is 2.93. The van der Waals surface area contributed by atoms with Gasteiger partial charge in [0.1, 0.15) is 17.4 Å². The summed E-state index contributed by atoms with van der Waals surface area (Å²) < 4.78 is 19.0. The highest BCUT2D eigenvalue weighted by atomic mass is 19.1. The first-order valence-corrected chi connectivity index (χ1v) is 8.68. The number of carbonyl (C=O) groups excluding carboxylic acids is 1. The van der Waals surface area contributed by atoms with Gasteiger partial charge in [-0.25, -0.2) is 14.4 Å². The number of nitrogens with two attached hydrogens (primary N) is 1. The van der Waals surface area contributed by atoms with Crippen LogP contribution < -0.4 is 15.8 Å². The average Bonchev–Trinajstić information content (AvgIpc) is 2.73. The van der Waals surface area contributed by atoms with Crippen molar-refractivity contribution >= 4 is 28.3 Å². The van der Waals surface area contributed by atoms with Crippen LogP contribution in [-0.4, -0.2) is 28.0 Å². The second-order valence-electron chi connectivity index (χ2n) is 6.21. The van der Waals surface area contributed by atoms with Crippen LogP contribution in [0, 0.1) is 5.82 Å². The predicted molar refractivity (Wildman–Crippen MR) is 108 cm³/mol. The van der Waals surface area contributed by atoms with Crippen LogP contribution in [0.4, 0.5) is 15.9 Å². The van der Waals surface area contributed by atoms with Crippen LogP contribution in [0.5, 0.6) is 5.75 Å². The third-order valence-electron chi connectivity index (χ3n) is 4.31. The number of anilines is 2. The van der Waals surface area contributed by atoms with Gasteiger partial charge in [0.15, 0.2) is 5.82 Å². The molecule has 0 unspecified atom stereocenters. The van der Waals surface area contributed by atoms with E-state index in [1.807, 2.05) is 0 Å². The van der Waals surface area contributed by atoms with Crippen molar-refractivity contribution < 1.29 is 13.9 Å². The Morgan fingerprint density at radius 1 is 1.10 bits per heavy atom. The molecule has 0 saturated carbocycles. The molecule has 29 heavy (non-hydrogen) atoms. The Kier molecular flexibility index (Phi) is 4.74. The van der Waals surface area contributed by atoms with Gasteiger partial charge >= 0.3 is 0 Å². The summed E-state index contributed by atoms with van der Waals surface area (Å²) in [6, 6.07) is 13.5. The van der Waals surface area contributed by atoms with Crippen molar-refractivity contribution in [3.8, 4) is 17.1 Å². The van der Waals surface area contributed by atoms with E-state index in [9.17, 15) is 9.18 Å². The SMILES string of the molecule is COc1ccc2nc(-c3cncc(F)c3)nc(Nc3ccccc3C(N)=O)c2c1. The molecule has 7 nitrogen and oxygen atoms in total. The number of para-hydroxylation sites is 1. The van der Waals surface area contributed by atoms with E-state index >= 15 is 0 Å². The second kappa shape index (κ2) is 7.51. The maximum atomic E-state index is 13.7. The second-order valence-corrected chi connectivity index (χ2v) is 6.21. The number of hydrogen-bond acceptors (Lipinski definition) is 6. The van der Waals surface area contributed by atoms with Crippen LogP contribution in [0.1, 0.15) is 10.4 Å². The fraction of sp³-hybridized carbons (Fsp3) is 0.0476. The number of rotatable bonds is 5. The first kappa shape index (κ1) is 18.3. The molecule has 2 heterocycles. The van der Waals surface area contributed by atoms with Crippen LogP contribution in [0.25, 0.3) is 22.3 Å². The Bertz CT molecular complexity index is 1230. The van der Waals surface area contributed by atoms with E-state index < -0.39 is 11.7 Å². The highest BCUT2D eigenvalue weighted by Gasteiger charge is 2.14. The molecule has 8 heteroatoms. The minimum Gasteiger partial charge on any atom is -0.497 e. The Morgan fingerprint density at radius 2 is 1.93 bits per heavy atom. The maximum Gasteiger partial charge on any atom is 0.250 e. The molecule has 2 aromatic carbocycles. The number of pyridine rings is 1. The Morgan fingerprint density at radius 3 is 2.69 bits per heavy atom. The van der Waals surface area contributed by atoms with Crippen molar-refractivity contribution in [2.24, 2.45) is 5.73 Å². The van der Waals surface area contributed by atoms with Gasteiger partial charge in [-0.15, -0.1) is 0 Å². The van der Waals surface area contributed by atoms with Gasteiger partial charge in [-0.1, -0.05) is 12.1 Å². The number of aromatic nitrogens is 3. The molecular weight excluding hydrogens is 373 g/mol. The summed E-state index contributed by atoms with van der Waals surface area (Å²) in [7, 11) is 1.56. The third kappa shape index (κ3) is 3.68. The summed E-state index contributed by atoms with van der Waals surface area (Å²) in [5.41, 5.74) is 7.33. The molecule has 0 aliphatic rings. The summed E-state index contributed by atoms with van der Waals surface area (Å²) in [5.74, 6) is 0.260. The van der Waals surface area contributed by atoms with Gasteiger partial charge in [-0.05, 0) is 36.4 Å². The quantitative estimate of drug-likeness (QED) is 0.540. The third-order valence-corrected chi connectivity index (χ3v) is 4.31. The number of amides is 1. The molecule has 0 bridgehead atoms. The van der Waals surface area contributed by atoms with Crippen LogP contribution >= 0.6 is 0 Å². The van der Waals surface area contributed by atoms with Crippen LogP contribution in [0.3, 0.4) is 0 Å². The number of primary amides is 1. The number of fused-ring (bicyclic) bond motifs is 1. The minimum absolute atomic E-state index is 0.286. The van der Waals surface area contributed by atoms with Crippen molar-refractivity contribution in [2.45, 2.75) is 0 Å². The van der Waals surface area contributed by atoms with Crippen molar-refractivity contribution in [3.63, 3.8) is 0 Å². The average molecular weight is 389 g/mol. The summed E-state index contributed by atoms with van der Waals surface area (Å²) in [5, 5.41) is 3.81. The Labute approximate surface area is 165 Å². The van der Waals surface area contributed by atoms with Gasteiger partial charge in [-0.3, -0.25) is 9.78 Å². The van der Waals surface area contributed by atoms with Gasteiger partial charge < -0.3 is 15.8 Å². The monoisotopic (exact) mass is 389 g/mol. The Hall–Kier alpha value is -4.07. The number of carbonyl (C=O) groups is 1. The van der Waals surface area contributed by atoms with Crippen molar-refractivity contribution in [2.75, 3.05) is 12.4 Å². The molecule has 0 atom stereocenters. The highest BCUT2D eigenvalue weighted by Crippen LogP contribution is 2.31. The lowest BCUT2D eigenvalue weighted by molar-refractivity contribution is 0.100. The smallest absolute Gasteiger partial charge is 0.250 e. The lowest BCUT2D eigenvalue weighted by Gasteiger charge is -2.13. The normalized spacial score (nSPS) is 10.7. The molecule has 2 aromatic heterocycles. The molecule has 3 N–H and O–H groups in total. The fourth-order valence-electron chi connectivity index (χ4n) is 2.93. The standard InChI is InChI=1S/C21H16FN5O2/c1-29-14-6-7-18-16(9-14)21(26-17-5-3-2-4-15(17)19(23)28)27-20(25-18)12-8-13(22)11-24-10-12/h2-11H,1H3,(H2,23,28)(H,25,26,27). The van der Waals surface area contributed by atoms with E-state index in [1.54, 1.807) is 49.6 Å².